The van der Waals surface area contributed by atoms with Crippen molar-refractivity contribution >= 4 is 47.8 Å². The number of carbonyl (C=O) groups excluding carboxylic acids is 2. The largest absolute Gasteiger partial charge is 0.444 e. The molecule has 0 radical (unpaired) electrons. The summed E-state index contributed by atoms with van der Waals surface area (Å²) in [5, 5.41) is 6.68. The predicted octanol–water partition coefficient (Wildman–Crippen LogP) is 1.69. The van der Waals surface area contributed by atoms with Crippen LogP contribution in [-0.2, 0) is 16.1 Å². The number of guanidine groups is 1. The third kappa shape index (κ3) is 7.61. The van der Waals surface area contributed by atoms with Gasteiger partial charge in [0, 0.05) is 57.4 Å². The Kier molecular flexibility index (Phi) is 9.56. The summed E-state index contributed by atoms with van der Waals surface area (Å²) in [6.07, 6.45) is 2.99. The van der Waals surface area contributed by atoms with Crippen LogP contribution in [0.3, 0.4) is 0 Å². The van der Waals surface area contributed by atoms with Crippen molar-refractivity contribution in [2.75, 3.05) is 38.1 Å². The van der Waals surface area contributed by atoms with E-state index in [1.165, 1.54) is 0 Å². The van der Waals surface area contributed by atoms with E-state index in [1.807, 2.05) is 32.9 Å². The van der Waals surface area contributed by atoms with Gasteiger partial charge in [0.05, 0.1) is 6.04 Å². The molecule has 4 N–H and O–H groups in total. The minimum Gasteiger partial charge on any atom is -0.444 e. The zero-order valence-electron chi connectivity index (χ0n) is 19.8. The van der Waals surface area contributed by atoms with Gasteiger partial charge in [-0.15, -0.1) is 24.0 Å². The van der Waals surface area contributed by atoms with Gasteiger partial charge in [-0.3, -0.25) is 9.79 Å². The number of anilines is 1. The van der Waals surface area contributed by atoms with Crippen molar-refractivity contribution in [2.45, 2.75) is 51.8 Å². The van der Waals surface area contributed by atoms with Crippen LogP contribution in [0.4, 0.5) is 10.6 Å². The number of nitrogens with two attached hydrogens (primary N) is 1. The molecule has 2 aliphatic rings. The average molecular weight is 573 g/mol. The van der Waals surface area contributed by atoms with Crippen LogP contribution in [-0.4, -0.2) is 72.7 Å². The Bertz CT molecular complexity index is 845. The summed E-state index contributed by atoms with van der Waals surface area (Å²) in [6.45, 7) is 8.79. The van der Waals surface area contributed by atoms with Gasteiger partial charge in [-0.25, -0.2) is 9.78 Å². The zero-order valence-corrected chi connectivity index (χ0v) is 22.2. The van der Waals surface area contributed by atoms with Gasteiger partial charge in [-0.05, 0) is 39.7 Å². The highest BCUT2D eigenvalue weighted by Crippen LogP contribution is 2.24. The molecule has 0 bridgehead atoms. The molecule has 2 amide bonds. The van der Waals surface area contributed by atoms with Crippen LogP contribution in [0.1, 0.15) is 39.2 Å². The monoisotopic (exact) mass is 573 g/mol. The topological polar surface area (TPSA) is 125 Å². The number of primary amides is 1. The predicted molar refractivity (Wildman–Crippen MR) is 139 cm³/mol. The van der Waals surface area contributed by atoms with Crippen LogP contribution >= 0.6 is 24.0 Å². The summed E-state index contributed by atoms with van der Waals surface area (Å²) in [5.74, 6) is 1.31. The van der Waals surface area contributed by atoms with Crippen LogP contribution in [0.5, 0.6) is 0 Å². The first-order chi connectivity index (χ1) is 15.2. The number of piperidine rings is 1. The van der Waals surface area contributed by atoms with Crippen LogP contribution in [0.15, 0.2) is 23.3 Å². The van der Waals surface area contributed by atoms with E-state index in [9.17, 15) is 9.59 Å². The van der Waals surface area contributed by atoms with Crippen molar-refractivity contribution in [3.05, 3.63) is 23.9 Å². The van der Waals surface area contributed by atoms with Gasteiger partial charge >= 0.3 is 6.09 Å². The molecule has 184 valence electrons. The second kappa shape index (κ2) is 11.7. The first-order valence-corrected chi connectivity index (χ1v) is 11.1. The molecule has 2 aliphatic heterocycles. The lowest BCUT2D eigenvalue weighted by Gasteiger charge is -2.40. The third-order valence-corrected chi connectivity index (χ3v) is 5.61. The van der Waals surface area contributed by atoms with Gasteiger partial charge in [-0.1, -0.05) is 6.07 Å². The Hall–Kier alpha value is -2.31. The number of carbonyl (C=O) groups is 2. The molecule has 3 heterocycles. The quantitative estimate of drug-likeness (QED) is 0.278. The lowest BCUT2D eigenvalue weighted by Crippen LogP contribution is -2.63. The number of aromatic nitrogens is 1. The van der Waals surface area contributed by atoms with E-state index in [-0.39, 0.29) is 47.9 Å². The number of ether oxygens (including phenoxy) is 1. The van der Waals surface area contributed by atoms with Gasteiger partial charge in [0.2, 0.25) is 5.91 Å². The molecule has 11 heteroatoms. The van der Waals surface area contributed by atoms with E-state index in [4.69, 9.17) is 10.5 Å². The van der Waals surface area contributed by atoms with Gasteiger partial charge in [0.25, 0.3) is 0 Å². The Morgan fingerprint density at radius 2 is 1.94 bits per heavy atom. The minimum absolute atomic E-state index is 0. The maximum Gasteiger partial charge on any atom is 0.410 e. The highest BCUT2D eigenvalue weighted by molar-refractivity contribution is 14.0. The van der Waals surface area contributed by atoms with Crippen molar-refractivity contribution in [3.8, 4) is 0 Å². The number of pyridine rings is 1. The molecule has 2 fully saturated rings. The second-order valence-electron chi connectivity index (χ2n) is 9.30. The zero-order chi connectivity index (χ0) is 23.3. The number of nitrogens with zero attached hydrogens (tertiary/aromatic N) is 4. The second-order valence-corrected chi connectivity index (χ2v) is 9.30. The van der Waals surface area contributed by atoms with E-state index >= 15 is 0 Å². The number of halogens is 1. The summed E-state index contributed by atoms with van der Waals surface area (Å²) < 4.78 is 5.39. The first-order valence-electron chi connectivity index (χ1n) is 11.1. The van der Waals surface area contributed by atoms with Crippen molar-refractivity contribution in [3.63, 3.8) is 0 Å². The Labute approximate surface area is 212 Å². The smallest absolute Gasteiger partial charge is 0.410 e. The summed E-state index contributed by atoms with van der Waals surface area (Å²) in [7, 11) is 1.72. The molecule has 0 aromatic carbocycles. The molecular weight excluding hydrogens is 537 g/mol. The molecule has 0 spiro atoms. The normalized spacial score (nSPS) is 17.6. The molecule has 0 aliphatic carbocycles. The van der Waals surface area contributed by atoms with Crippen molar-refractivity contribution < 1.29 is 14.3 Å². The van der Waals surface area contributed by atoms with Crippen molar-refractivity contribution in [1.29, 1.82) is 0 Å². The number of hydrogen-bond acceptors (Lipinski definition) is 6. The molecule has 33 heavy (non-hydrogen) atoms. The van der Waals surface area contributed by atoms with Crippen LogP contribution in [0, 0.1) is 5.92 Å². The van der Waals surface area contributed by atoms with E-state index in [0.29, 0.717) is 25.6 Å². The fourth-order valence-electron chi connectivity index (χ4n) is 3.84. The minimum atomic E-state index is -0.496. The molecule has 0 saturated carbocycles. The van der Waals surface area contributed by atoms with E-state index in [2.05, 4.69) is 25.5 Å². The first kappa shape index (κ1) is 26.9. The highest BCUT2D eigenvalue weighted by Gasteiger charge is 2.34. The number of hydrogen-bond donors (Lipinski definition) is 3. The maximum atomic E-state index is 12.1. The van der Waals surface area contributed by atoms with E-state index < -0.39 is 5.60 Å². The fraction of sp³-hybridized carbons (Fsp3) is 0.636. The van der Waals surface area contributed by atoms with Crippen LogP contribution in [0.25, 0.3) is 0 Å². The Morgan fingerprint density at radius 3 is 2.52 bits per heavy atom. The molecule has 1 aromatic rings. The molecule has 2 saturated heterocycles. The number of likely N-dealkylation sites (tertiary alicyclic amines) is 1. The Morgan fingerprint density at radius 1 is 1.27 bits per heavy atom. The summed E-state index contributed by atoms with van der Waals surface area (Å²) in [6, 6.07) is 4.07. The van der Waals surface area contributed by atoms with Crippen LogP contribution < -0.4 is 21.3 Å². The average Bonchev–Trinajstić information content (AvgIpc) is 2.71. The molecule has 0 unspecified atom stereocenters. The molecule has 3 rings (SSSR count). The molecule has 0 atom stereocenters. The third-order valence-electron chi connectivity index (χ3n) is 5.61. The van der Waals surface area contributed by atoms with Gasteiger partial charge in [0.15, 0.2) is 5.96 Å². The molecule has 10 nitrogen and oxygen atoms in total. The summed E-state index contributed by atoms with van der Waals surface area (Å²) >= 11 is 0. The molecular formula is C22H36IN7O3. The van der Waals surface area contributed by atoms with Crippen LogP contribution in [0.2, 0.25) is 0 Å². The lowest BCUT2D eigenvalue weighted by atomic mass is 9.96. The van der Waals surface area contributed by atoms with E-state index in [1.54, 1.807) is 18.1 Å². The fourth-order valence-corrected chi connectivity index (χ4v) is 3.84. The molecule has 1 aromatic heterocycles. The number of rotatable bonds is 5. The van der Waals surface area contributed by atoms with Gasteiger partial charge in [0.1, 0.15) is 11.4 Å². The summed E-state index contributed by atoms with van der Waals surface area (Å²) in [4.78, 5) is 36.3. The Balaban J connectivity index is 0.00000385. The van der Waals surface area contributed by atoms with Gasteiger partial charge < -0.3 is 30.9 Å². The number of amides is 2. The summed E-state index contributed by atoms with van der Waals surface area (Å²) in [5.41, 5.74) is 6.01. The van der Waals surface area contributed by atoms with Gasteiger partial charge in [-0.2, -0.15) is 0 Å². The van der Waals surface area contributed by atoms with E-state index in [0.717, 1.165) is 37.3 Å². The lowest BCUT2D eigenvalue weighted by molar-refractivity contribution is -0.122. The standard InChI is InChI=1S/C22H35N7O3.HI/c1-22(2,3)32-21(31)29-13-17(14-29)27-20(24-4)26-12-16-6-5-9-25-19(16)28-10-7-15(8-11-28)18(23)30;/h5-6,9,15,17H,7-8,10-14H2,1-4H3,(H2,23,30)(H2,24,26,27);1H. The van der Waals surface area contributed by atoms with Crippen molar-refractivity contribution in [2.24, 2.45) is 16.6 Å². The number of nitrogens with one attached hydrogen (secondary N) is 2. The maximum absolute atomic E-state index is 12.1. The SMILES string of the molecule is CN=C(NCc1cccnc1N1CCC(C(N)=O)CC1)NC1CN(C(=O)OC(C)(C)C)C1.I. The number of aliphatic imine (C=N–C) groups is 1. The highest BCUT2D eigenvalue weighted by atomic mass is 127. The van der Waals surface area contributed by atoms with Crippen molar-refractivity contribution in [1.82, 2.24) is 20.5 Å².